The maximum atomic E-state index is 11.8. The molecule has 8 heteroatoms. The van der Waals surface area contributed by atoms with Crippen LogP contribution in [0.2, 0.25) is 0 Å². The fraction of sp³-hybridized carbons (Fsp3) is 0.583. The predicted octanol–water partition coefficient (Wildman–Crippen LogP) is -0.943. The molecule has 1 aliphatic heterocycles. The van der Waals surface area contributed by atoms with Gasteiger partial charge in [0.25, 0.3) is 5.56 Å². The van der Waals surface area contributed by atoms with E-state index in [1.165, 1.54) is 17.7 Å². The molecule has 0 aliphatic carbocycles. The molecule has 0 unspecified atom stereocenters. The first-order valence-corrected chi connectivity index (χ1v) is 6.18. The van der Waals surface area contributed by atoms with Crippen LogP contribution in [0.4, 0.5) is 0 Å². The highest BCUT2D eigenvalue weighted by Crippen LogP contribution is 2.29. The molecule has 0 radical (unpaired) electrons. The monoisotopic (exact) mass is 284 g/mol. The van der Waals surface area contributed by atoms with Gasteiger partial charge >= 0.3 is 11.7 Å². The second-order valence-corrected chi connectivity index (χ2v) is 4.67. The molecule has 20 heavy (non-hydrogen) atoms. The van der Waals surface area contributed by atoms with E-state index < -0.39 is 35.7 Å². The summed E-state index contributed by atoms with van der Waals surface area (Å²) >= 11 is 0. The van der Waals surface area contributed by atoms with Gasteiger partial charge in [0.2, 0.25) is 0 Å². The van der Waals surface area contributed by atoms with Gasteiger partial charge in [0.1, 0.15) is 18.4 Å². The van der Waals surface area contributed by atoms with Crippen LogP contribution in [0.1, 0.15) is 25.1 Å². The topological polar surface area (TPSA) is 111 Å². The fourth-order valence-corrected chi connectivity index (χ4v) is 2.17. The lowest BCUT2D eigenvalue weighted by Gasteiger charge is -2.15. The summed E-state index contributed by atoms with van der Waals surface area (Å²) in [5, 5.41) is 9.22. The van der Waals surface area contributed by atoms with E-state index >= 15 is 0 Å². The van der Waals surface area contributed by atoms with Crippen LogP contribution in [0.5, 0.6) is 0 Å². The molecule has 110 valence electrons. The molecule has 3 atom stereocenters. The number of nitrogens with zero attached hydrogens (tertiary/aromatic N) is 1. The number of esters is 1. The standard InChI is InChI=1S/C12H16N2O6/c1-6-4-14(12(18)13-11(6)17)10-3-8(19-7(2)16)9(5-15)20-10/h4,8-10,15H,3,5H2,1-2H3,(H,13,17,18)/t8-,9+,10-/m1/s1. The number of aromatic nitrogens is 2. The number of aliphatic hydroxyl groups is 1. The lowest BCUT2D eigenvalue weighted by Crippen LogP contribution is -2.33. The first-order valence-electron chi connectivity index (χ1n) is 6.18. The average molecular weight is 284 g/mol. The van der Waals surface area contributed by atoms with Crippen LogP contribution >= 0.6 is 0 Å². The smallest absolute Gasteiger partial charge is 0.330 e. The minimum atomic E-state index is -0.695. The summed E-state index contributed by atoms with van der Waals surface area (Å²) in [6, 6.07) is 0. The highest BCUT2D eigenvalue weighted by Gasteiger charge is 2.38. The summed E-state index contributed by atoms with van der Waals surface area (Å²) in [6.45, 7) is 2.50. The summed E-state index contributed by atoms with van der Waals surface area (Å²) in [4.78, 5) is 36.2. The van der Waals surface area contributed by atoms with Gasteiger partial charge in [0.15, 0.2) is 0 Å². The largest absolute Gasteiger partial charge is 0.460 e. The van der Waals surface area contributed by atoms with Gasteiger partial charge in [0, 0.05) is 25.1 Å². The molecule has 1 aliphatic rings. The Labute approximate surface area is 114 Å². The van der Waals surface area contributed by atoms with E-state index in [1.807, 2.05) is 0 Å². The molecule has 0 bridgehead atoms. The van der Waals surface area contributed by atoms with Crippen molar-refractivity contribution in [3.05, 3.63) is 32.6 Å². The quantitative estimate of drug-likeness (QED) is 0.693. The van der Waals surface area contributed by atoms with Gasteiger partial charge in [-0.2, -0.15) is 0 Å². The van der Waals surface area contributed by atoms with Gasteiger partial charge in [0.05, 0.1) is 6.61 Å². The van der Waals surface area contributed by atoms with Crippen LogP contribution in [0.15, 0.2) is 15.8 Å². The second kappa shape index (κ2) is 5.59. The molecule has 0 spiro atoms. The van der Waals surface area contributed by atoms with Crippen molar-refractivity contribution in [2.75, 3.05) is 6.61 Å². The minimum Gasteiger partial charge on any atom is -0.460 e. The molecule has 0 aromatic carbocycles. The number of H-pyrrole nitrogens is 1. The van der Waals surface area contributed by atoms with E-state index in [0.29, 0.717) is 5.56 Å². The number of aryl methyl sites for hydroxylation is 1. The van der Waals surface area contributed by atoms with Crippen LogP contribution in [0.3, 0.4) is 0 Å². The first kappa shape index (κ1) is 14.5. The number of carbonyl (C=O) groups is 1. The minimum absolute atomic E-state index is 0.232. The summed E-state index contributed by atoms with van der Waals surface area (Å²) < 4.78 is 11.8. The van der Waals surface area contributed by atoms with E-state index in [-0.39, 0.29) is 13.0 Å². The van der Waals surface area contributed by atoms with E-state index in [2.05, 4.69) is 4.98 Å². The van der Waals surface area contributed by atoms with Crippen molar-refractivity contribution in [3.8, 4) is 0 Å². The number of aromatic amines is 1. The third kappa shape index (κ3) is 2.81. The zero-order valence-corrected chi connectivity index (χ0v) is 11.2. The van der Waals surface area contributed by atoms with Crippen LogP contribution in [-0.4, -0.2) is 39.4 Å². The van der Waals surface area contributed by atoms with Gasteiger partial charge < -0.3 is 14.6 Å². The normalized spacial score (nSPS) is 25.6. The lowest BCUT2D eigenvalue weighted by molar-refractivity contribution is -0.150. The molecule has 0 amide bonds. The first-order chi connectivity index (χ1) is 9.42. The zero-order valence-electron chi connectivity index (χ0n) is 11.2. The summed E-state index contributed by atoms with van der Waals surface area (Å²) in [5.41, 5.74) is -0.699. The molecule has 2 heterocycles. The molecule has 2 rings (SSSR count). The Morgan fingerprint density at radius 3 is 2.90 bits per heavy atom. The highest BCUT2D eigenvalue weighted by molar-refractivity contribution is 5.66. The van der Waals surface area contributed by atoms with Crippen molar-refractivity contribution in [1.29, 1.82) is 0 Å². The summed E-state index contributed by atoms with van der Waals surface area (Å²) in [6.07, 6.45) is -0.392. The summed E-state index contributed by atoms with van der Waals surface area (Å²) in [7, 11) is 0. The lowest BCUT2D eigenvalue weighted by atomic mass is 10.2. The molecular weight excluding hydrogens is 268 g/mol. The van der Waals surface area contributed by atoms with Gasteiger partial charge in [-0.3, -0.25) is 19.1 Å². The third-order valence-electron chi connectivity index (χ3n) is 3.13. The third-order valence-corrected chi connectivity index (χ3v) is 3.13. The van der Waals surface area contributed by atoms with Crippen molar-refractivity contribution < 1.29 is 19.4 Å². The number of aliphatic hydroxyl groups excluding tert-OH is 1. The van der Waals surface area contributed by atoms with Crippen LogP contribution in [0.25, 0.3) is 0 Å². The number of ether oxygens (including phenoxy) is 2. The zero-order chi connectivity index (χ0) is 14.9. The Balaban J connectivity index is 2.27. The van der Waals surface area contributed by atoms with E-state index in [0.717, 1.165) is 0 Å². The van der Waals surface area contributed by atoms with Crippen molar-refractivity contribution in [3.63, 3.8) is 0 Å². The Hall–Kier alpha value is -1.93. The number of rotatable bonds is 3. The second-order valence-electron chi connectivity index (χ2n) is 4.67. The Morgan fingerprint density at radius 2 is 2.30 bits per heavy atom. The SMILES string of the molecule is CC(=O)O[C@@H]1C[C@H](n2cc(C)c(=O)[nH]c2=O)O[C@H]1CO. The molecule has 8 nitrogen and oxygen atoms in total. The maximum Gasteiger partial charge on any atom is 0.330 e. The summed E-state index contributed by atoms with van der Waals surface area (Å²) in [5.74, 6) is -0.484. The van der Waals surface area contributed by atoms with E-state index in [9.17, 15) is 19.5 Å². The van der Waals surface area contributed by atoms with Crippen molar-refractivity contribution >= 4 is 5.97 Å². The van der Waals surface area contributed by atoms with E-state index in [1.54, 1.807) is 6.92 Å². The molecule has 1 saturated heterocycles. The number of hydrogen-bond donors (Lipinski definition) is 2. The Morgan fingerprint density at radius 1 is 1.60 bits per heavy atom. The number of nitrogens with one attached hydrogen (secondary N) is 1. The van der Waals surface area contributed by atoms with Gasteiger partial charge in [-0.05, 0) is 6.92 Å². The van der Waals surface area contributed by atoms with Crippen molar-refractivity contribution in [2.24, 2.45) is 0 Å². The predicted molar refractivity (Wildman–Crippen MR) is 67.2 cm³/mol. The van der Waals surface area contributed by atoms with Crippen molar-refractivity contribution in [2.45, 2.75) is 38.7 Å². The average Bonchev–Trinajstić information content (AvgIpc) is 2.75. The Bertz CT molecular complexity index is 619. The van der Waals surface area contributed by atoms with Crippen LogP contribution in [0, 0.1) is 6.92 Å². The van der Waals surface area contributed by atoms with E-state index in [4.69, 9.17) is 9.47 Å². The van der Waals surface area contributed by atoms with Crippen LogP contribution < -0.4 is 11.2 Å². The molecule has 1 fully saturated rings. The van der Waals surface area contributed by atoms with Gasteiger partial charge in [-0.25, -0.2) is 4.79 Å². The van der Waals surface area contributed by atoms with Crippen LogP contribution in [-0.2, 0) is 14.3 Å². The molecule has 1 aromatic rings. The highest BCUT2D eigenvalue weighted by atomic mass is 16.6. The molecular formula is C12H16N2O6. The Kier molecular flexibility index (Phi) is 4.05. The van der Waals surface area contributed by atoms with Crippen molar-refractivity contribution in [1.82, 2.24) is 9.55 Å². The van der Waals surface area contributed by atoms with Gasteiger partial charge in [-0.1, -0.05) is 0 Å². The van der Waals surface area contributed by atoms with Gasteiger partial charge in [-0.15, -0.1) is 0 Å². The maximum absolute atomic E-state index is 11.8. The molecule has 1 aromatic heterocycles. The number of hydrogen-bond acceptors (Lipinski definition) is 6. The molecule has 2 N–H and O–H groups in total. The molecule has 0 saturated carbocycles. The number of carbonyl (C=O) groups excluding carboxylic acids is 1. The fourth-order valence-electron chi connectivity index (χ4n) is 2.17.